The summed E-state index contributed by atoms with van der Waals surface area (Å²) in [7, 11) is 3.04. The molecular weight excluding hydrogens is 416 g/mol. The van der Waals surface area contributed by atoms with Gasteiger partial charge in [0.2, 0.25) is 5.91 Å². The van der Waals surface area contributed by atoms with Crippen molar-refractivity contribution in [2.24, 2.45) is 0 Å². The highest BCUT2D eigenvalue weighted by atomic mass is 35.5. The summed E-state index contributed by atoms with van der Waals surface area (Å²) in [5.41, 5.74) is 1.69. The molecule has 29 heavy (non-hydrogen) atoms. The summed E-state index contributed by atoms with van der Waals surface area (Å²) in [4.78, 5) is 36.0. The van der Waals surface area contributed by atoms with E-state index < -0.39 is 5.25 Å². The molecule has 2 N–H and O–H groups in total. The van der Waals surface area contributed by atoms with Gasteiger partial charge in [0.05, 0.1) is 30.1 Å². The summed E-state index contributed by atoms with van der Waals surface area (Å²) in [5.74, 6) is 0.385. The van der Waals surface area contributed by atoms with Crippen molar-refractivity contribution < 1.29 is 23.9 Å². The molecule has 7 nitrogen and oxygen atoms in total. The number of imide groups is 1. The standard InChI is InChI=1S/C20H19ClN2O5S/c1-27-15-6-4-3-5-11(15)10-22-18(24)13-7-12(16(28-2)9-14(13)21)8-17-19(25)23-20(26)29-17/h3-7,9,17H,8,10H2,1-2H3,(H,22,24)(H,23,25,26). The number of methoxy groups -OCH3 is 2. The number of hydrogen-bond donors (Lipinski definition) is 2. The van der Waals surface area contributed by atoms with Gasteiger partial charge in [-0.3, -0.25) is 19.7 Å². The summed E-state index contributed by atoms with van der Waals surface area (Å²) in [6.07, 6.45) is 0.232. The van der Waals surface area contributed by atoms with Crippen LogP contribution in [-0.2, 0) is 17.8 Å². The summed E-state index contributed by atoms with van der Waals surface area (Å²) in [6.45, 7) is 0.260. The fourth-order valence-electron chi connectivity index (χ4n) is 2.97. The first-order chi connectivity index (χ1) is 13.9. The topological polar surface area (TPSA) is 93.7 Å². The van der Waals surface area contributed by atoms with E-state index in [0.717, 1.165) is 17.3 Å². The van der Waals surface area contributed by atoms with Gasteiger partial charge in [-0.1, -0.05) is 41.6 Å². The average molecular weight is 435 g/mol. The smallest absolute Gasteiger partial charge is 0.286 e. The predicted molar refractivity (Wildman–Crippen MR) is 111 cm³/mol. The van der Waals surface area contributed by atoms with Crippen LogP contribution in [0.25, 0.3) is 0 Å². The summed E-state index contributed by atoms with van der Waals surface area (Å²) >= 11 is 7.19. The molecule has 1 fully saturated rings. The Balaban J connectivity index is 1.80. The predicted octanol–water partition coefficient (Wildman–Crippen LogP) is 3.18. The number of para-hydroxylation sites is 1. The second kappa shape index (κ2) is 9.19. The monoisotopic (exact) mass is 434 g/mol. The average Bonchev–Trinajstić information content (AvgIpc) is 3.03. The van der Waals surface area contributed by atoms with Crippen LogP contribution in [0.5, 0.6) is 11.5 Å². The van der Waals surface area contributed by atoms with Crippen LogP contribution in [-0.4, -0.2) is 36.5 Å². The Hall–Kier alpha value is -2.71. The van der Waals surface area contributed by atoms with Gasteiger partial charge in [0.15, 0.2) is 0 Å². The molecule has 9 heteroatoms. The minimum atomic E-state index is -0.581. The van der Waals surface area contributed by atoms with Crippen LogP contribution in [0.3, 0.4) is 0 Å². The molecule has 0 spiro atoms. The van der Waals surface area contributed by atoms with E-state index in [2.05, 4.69) is 10.6 Å². The molecule has 1 heterocycles. The van der Waals surface area contributed by atoms with E-state index in [0.29, 0.717) is 17.1 Å². The number of nitrogens with one attached hydrogen (secondary N) is 2. The van der Waals surface area contributed by atoms with Crippen molar-refractivity contribution in [3.8, 4) is 11.5 Å². The molecule has 3 rings (SSSR count). The van der Waals surface area contributed by atoms with Gasteiger partial charge in [-0.25, -0.2) is 0 Å². The van der Waals surface area contributed by atoms with Crippen molar-refractivity contribution in [1.29, 1.82) is 0 Å². The van der Waals surface area contributed by atoms with Crippen molar-refractivity contribution in [2.75, 3.05) is 14.2 Å². The molecule has 1 atom stereocenters. The number of carbonyl (C=O) groups is 3. The molecule has 1 unspecified atom stereocenters. The lowest BCUT2D eigenvalue weighted by atomic mass is 10.0. The molecule has 0 aromatic heterocycles. The van der Waals surface area contributed by atoms with E-state index in [-0.39, 0.29) is 40.6 Å². The SMILES string of the molecule is COc1ccccc1CNC(=O)c1cc(CC2SC(=O)NC2=O)c(OC)cc1Cl. The van der Waals surface area contributed by atoms with Gasteiger partial charge in [0.25, 0.3) is 11.1 Å². The molecule has 1 saturated heterocycles. The zero-order valence-electron chi connectivity index (χ0n) is 15.8. The number of carbonyl (C=O) groups excluding carboxylic acids is 3. The van der Waals surface area contributed by atoms with Gasteiger partial charge < -0.3 is 14.8 Å². The third-order valence-corrected chi connectivity index (χ3v) is 5.71. The van der Waals surface area contributed by atoms with Crippen molar-refractivity contribution in [3.63, 3.8) is 0 Å². The van der Waals surface area contributed by atoms with Crippen molar-refractivity contribution in [1.82, 2.24) is 10.6 Å². The Bertz CT molecular complexity index is 966. The summed E-state index contributed by atoms with van der Waals surface area (Å²) < 4.78 is 10.6. The first-order valence-corrected chi connectivity index (χ1v) is 9.96. The van der Waals surface area contributed by atoms with E-state index in [4.69, 9.17) is 21.1 Å². The zero-order chi connectivity index (χ0) is 21.0. The van der Waals surface area contributed by atoms with Gasteiger partial charge in [0, 0.05) is 12.1 Å². The van der Waals surface area contributed by atoms with E-state index in [1.54, 1.807) is 13.2 Å². The number of hydrogen-bond acceptors (Lipinski definition) is 6. The molecule has 0 saturated carbocycles. The number of halogens is 1. The highest BCUT2D eigenvalue weighted by Crippen LogP contribution is 2.32. The lowest BCUT2D eigenvalue weighted by molar-refractivity contribution is -0.118. The maximum absolute atomic E-state index is 12.7. The number of ether oxygens (including phenoxy) is 2. The number of rotatable bonds is 7. The number of thioether (sulfide) groups is 1. The van der Waals surface area contributed by atoms with Gasteiger partial charge in [-0.2, -0.15) is 0 Å². The molecule has 1 aliphatic heterocycles. The molecule has 152 valence electrons. The van der Waals surface area contributed by atoms with Crippen LogP contribution in [0.1, 0.15) is 21.5 Å². The van der Waals surface area contributed by atoms with Gasteiger partial charge >= 0.3 is 0 Å². The van der Waals surface area contributed by atoms with E-state index >= 15 is 0 Å². The minimum absolute atomic E-state index is 0.225. The summed E-state index contributed by atoms with van der Waals surface area (Å²) in [6, 6.07) is 10.5. The Morgan fingerprint density at radius 2 is 1.86 bits per heavy atom. The minimum Gasteiger partial charge on any atom is -0.496 e. The van der Waals surface area contributed by atoms with E-state index in [1.165, 1.54) is 13.2 Å². The first-order valence-electron chi connectivity index (χ1n) is 8.71. The van der Waals surface area contributed by atoms with Crippen LogP contribution in [0.15, 0.2) is 36.4 Å². The third-order valence-electron chi connectivity index (χ3n) is 4.42. The Morgan fingerprint density at radius 3 is 2.52 bits per heavy atom. The molecule has 1 aliphatic rings. The van der Waals surface area contributed by atoms with Crippen molar-refractivity contribution in [3.05, 3.63) is 58.1 Å². The van der Waals surface area contributed by atoms with E-state index in [9.17, 15) is 14.4 Å². The quantitative estimate of drug-likeness (QED) is 0.695. The molecule has 2 aromatic rings. The van der Waals surface area contributed by atoms with Crippen molar-refractivity contribution >= 4 is 40.4 Å². The fourth-order valence-corrected chi connectivity index (χ4v) is 4.06. The highest BCUT2D eigenvalue weighted by molar-refractivity contribution is 8.15. The highest BCUT2D eigenvalue weighted by Gasteiger charge is 2.32. The third kappa shape index (κ3) is 4.83. The van der Waals surface area contributed by atoms with Crippen LogP contribution in [0.2, 0.25) is 5.02 Å². The Kier molecular flexibility index (Phi) is 6.66. The van der Waals surface area contributed by atoms with Gasteiger partial charge in [-0.15, -0.1) is 0 Å². The maximum Gasteiger partial charge on any atom is 0.286 e. The molecular formula is C20H19ClN2O5S. The lowest BCUT2D eigenvalue weighted by Crippen LogP contribution is -2.26. The lowest BCUT2D eigenvalue weighted by Gasteiger charge is -2.15. The molecule has 0 aliphatic carbocycles. The van der Waals surface area contributed by atoms with Gasteiger partial charge in [0.1, 0.15) is 11.5 Å². The van der Waals surface area contributed by atoms with E-state index in [1.807, 2.05) is 24.3 Å². The van der Waals surface area contributed by atoms with Crippen LogP contribution >= 0.6 is 23.4 Å². The van der Waals surface area contributed by atoms with Crippen molar-refractivity contribution in [2.45, 2.75) is 18.2 Å². The second-order valence-electron chi connectivity index (χ2n) is 6.23. The van der Waals surface area contributed by atoms with Gasteiger partial charge in [-0.05, 0) is 30.2 Å². The zero-order valence-corrected chi connectivity index (χ0v) is 17.4. The van der Waals surface area contributed by atoms with Crippen LogP contribution < -0.4 is 20.1 Å². The van der Waals surface area contributed by atoms with Crippen LogP contribution in [0, 0.1) is 0 Å². The molecule has 0 bridgehead atoms. The first kappa shape index (κ1) is 21.0. The maximum atomic E-state index is 12.7. The number of amides is 3. The Labute approximate surface area is 177 Å². The summed E-state index contributed by atoms with van der Waals surface area (Å²) in [5, 5.41) is 4.33. The molecule has 0 radical (unpaired) electrons. The molecule has 3 amide bonds. The number of benzene rings is 2. The second-order valence-corrected chi connectivity index (χ2v) is 7.81. The molecule has 2 aromatic carbocycles. The Morgan fingerprint density at radius 1 is 1.14 bits per heavy atom. The largest absolute Gasteiger partial charge is 0.496 e. The van der Waals surface area contributed by atoms with Crippen LogP contribution in [0.4, 0.5) is 4.79 Å². The normalized spacial score (nSPS) is 15.8. The fraction of sp³-hybridized carbons (Fsp3) is 0.250.